The number of para-hydroxylation sites is 1. The number of nitrogens with one attached hydrogen (secondary N) is 1. The van der Waals surface area contributed by atoms with Crippen LogP contribution in [0.2, 0.25) is 0 Å². The molecule has 0 unspecified atom stereocenters. The predicted octanol–water partition coefficient (Wildman–Crippen LogP) is 1.10. The van der Waals surface area contributed by atoms with Gasteiger partial charge in [-0.3, -0.25) is 0 Å². The molecule has 1 aromatic carbocycles. The van der Waals surface area contributed by atoms with E-state index >= 15 is 0 Å². The van der Waals surface area contributed by atoms with Crippen LogP contribution >= 0.6 is 0 Å². The molecular weight excluding hydrogens is 174 g/mol. The van der Waals surface area contributed by atoms with Gasteiger partial charge in [-0.05, 0) is 6.07 Å². The zero-order valence-electron chi connectivity index (χ0n) is 6.54. The monoisotopic (exact) mass is 181 g/mol. The Bertz CT molecular complexity index is 338. The second-order valence-electron chi connectivity index (χ2n) is 2.20. The fourth-order valence-electron chi connectivity index (χ4n) is 0.872. The van der Waals surface area contributed by atoms with E-state index in [1.807, 2.05) is 5.43 Å². The molecule has 1 aromatic rings. The van der Waals surface area contributed by atoms with E-state index in [1.54, 1.807) is 18.2 Å². The molecule has 0 bridgehead atoms. The lowest BCUT2D eigenvalue weighted by atomic mass is 10.2. The molecular formula is C7H7N3O3. The van der Waals surface area contributed by atoms with Crippen molar-refractivity contribution in [1.82, 2.24) is 0 Å². The van der Waals surface area contributed by atoms with Crippen molar-refractivity contribution in [3.63, 3.8) is 0 Å². The van der Waals surface area contributed by atoms with Gasteiger partial charge in [0.15, 0.2) is 5.03 Å². The highest BCUT2D eigenvalue weighted by Crippen LogP contribution is 2.11. The van der Waals surface area contributed by atoms with Crippen molar-refractivity contribution in [2.45, 2.75) is 0 Å². The molecule has 0 fully saturated rings. The van der Waals surface area contributed by atoms with Gasteiger partial charge in [0.2, 0.25) is 0 Å². The molecule has 0 aliphatic carbocycles. The second-order valence-corrected chi connectivity index (χ2v) is 2.20. The number of hydrogen-bond acceptors (Lipinski definition) is 4. The van der Waals surface area contributed by atoms with Crippen LogP contribution in [0.5, 0.6) is 0 Å². The minimum absolute atomic E-state index is 0.283. The number of oxime groups is 1. The van der Waals surface area contributed by atoms with E-state index in [1.165, 1.54) is 6.07 Å². The van der Waals surface area contributed by atoms with Gasteiger partial charge in [-0.25, -0.2) is 10.1 Å². The van der Waals surface area contributed by atoms with Crippen LogP contribution in [0.3, 0.4) is 0 Å². The Balaban J connectivity index is 2.97. The lowest BCUT2D eigenvalue weighted by molar-refractivity contribution is -0.445. The molecule has 68 valence electrons. The molecule has 0 aliphatic rings. The maximum atomic E-state index is 10.1. The lowest BCUT2D eigenvalue weighted by Gasteiger charge is -1.99. The van der Waals surface area contributed by atoms with Gasteiger partial charge in [0.1, 0.15) is 5.69 Å². The third kappa shape index (κ3) is 2.44. The Labute approximate surface area is 73.6 Å². The van der Waals surface area contributed by atoms with Crippen molar-refractivity contribution < 1.29 is 10.2 Å². The van der Waals surface area contributed by atoms with Crippen molar-refractivity contribution in [3.8, 4) is 0 Å². The topological polar surface area (TPSA) is 87.8 Å². The first-order valence-corrected chi connectivity index (χ1v) is 3.41. The number of anilines is 1. The molecule has 2 N–H and O–H groups in total. The highest BCUT2D eigenvalue weighted by Gasteiger charge is 2.03. The summed E-state index contributed by atoms with van der Waals surface area (Å²) in [5, 5.41) is 20.5. The summed E-state index contributed by atoms with van der Waals surface area (Å²) in [5.74, 6) is 0. The molecule has 6 heteroatoms. The van der Waals surface area contributed by atoms with Crippen LogP contribution in [0.4, 0.5) is 5.69 Å². The molecule has 0 aromatic heterocycles. The number of benzene rings is 1. The Morgan fingerprint density at radius 1 is 1.54 bits per heavy atom. The van der Waals surface area contributed by atoms with Gasteiger partial charge in [0.25, 0.3) is 0 Å². The summed E-state index contributed by atoms with van der Waals surface area (Å²) in [6.07, 6.45) is 1.12. The lowest BCUT2D eigenvalue weighted by Crippen LogP contribution is -2.09. The van der Waals surface area contributed by atoms with Crippen molar-refractivity contribution in [1.29, 1.82) is 0 Å². The number of nitro groups is 1. The summed E-state index contributed by atoms with van der Waals surface area (Å²) >= 11 is 0. The van der Waals surface area contributed by atoms with Gasteiger partial charge < -0.3 is 5.21 Å². The van der Waals surface area contributed by atoms with Crippen molar-refractivity contribution in [2.75, 3.05) is 5.43 Å². The average Bonchev–Trinajstić information content (AvgIpc) is 2.08. The van der Waals surface area contributed by atoms with Gasteiger partial charge in [0, 0.05) is 5.56 Å². The molecule has 13 heavy (non-hydrogen) atoms. The first-order valence-electron chi connectivity index (χ1n) is 3.41. The molecule has 6 nitrogen and oxygen atoms in total. The quantitative estimate of drug-likeness (QED) is 0.316. The van der Waals surface area contributed by atoms with E-state index < -0.39 is 5.03 Å². The first kappa shape index (κ1) is 8.98. The number of nitrogens with zero attached hydrogens (tertiary/aromatic N) is 2. The fourth-order valence-corrected chi connectivity index (χ4v) is 0.872. The predicted molar refractivity (Wildman–Crippen MR) is 46.4 cm³/mol. The van der Waals surface area contributed by atoms with Crippen LogP contribution in [-0.4, -0.2) is 16.5 Å². The summed E-state index contributed by atoms with van der Waals surface area (Å²) in [6.45, 7) is 0. The number of hydrogen-bond donors (Lipinski definition) is 2. The number of hydrazine groups is 1. The van der Waals surface area contributed by atoms with Crippen LogP contribution in [0.1, 0.15) is 5.56 Å². The highest BCUT2D eigenvalue weighted by atomic mass is 16.7. The smallest absolute Gasteiger partial charge is 0.162 e. The summed E-state index contributed by atoms with van der Waals surface area (Å²) in [5.41, 5.74) is 2.71. The van der Waals surface area contributed by atoms with Gasteiger partial charge in [-0.1, -0.05) is 23.4 Å². The van der Waals surface area contributed by atoms with E-state index in [0.29, 0.717) is 5.56 Å². The Kier molecular flexibility index (Phi) is 2.80. The van der Waals surface area contributed by atoms with Gasteiger partial charge >= 0.3 is 0 Å². The van der Waals surface area contributed by atoms with Gasteiger partial charge in [-0.15, -0.1) is 5.43 Å². The van der Waals surface area contributed by atoms with Crippen molar-refractivity contribution in [3.05, 3.63) is 39.9 Å². The highest BCUT2D eigenvalue weighted by molar-refractivity contribution is 5.86. The molecule has 0 saturated carbocycles. The minimum Gasteiger partial charge on any atom is -0.411 e. The van der Waals surface area contributed by atoms with E-state index in [2.05, 4.69) is 5.16 Å². The summed E-state index contributed by atoms with van der Waals surface area (Å²) in [6, 6.07) is 6.42. The first-order chi connectivity index (χ1) is 6.24. The fraction of sp³-hybridized carbons (Fsp3) is 0. The van der Waals surface area contributed by atoms with Crippen LogP contribution in [0.25, 0.3) is 0 Å². The molecule has 0 saturated heterocycles. The molecule has 0 spiro atoms. The van der Waals surface area contributed by atoms with Crippen LogP contribution < -0.4 is 5.43 Å². The van der Waals surface area contributed by atoms with Gasteiger partial charge in [0.05, 0.1) is 6.21 Å². The van der Waals surface area contributed by atoms with E-state index in [9.17, 15) is 10.1 Å². The molecule has 1 rings (SSSR count). The standard InChI is InChI=1S/C7H7N3O3/c11-8-5-6-3-1-2-4-7(6)9-10(12)13/h1-5,9,11H. The second kappa shape index (κ2) is 4.05. The third-order valence-electron chi connectivity index (χ3n) is 1.37. The normalized spacial score (nSPS) is 10.2. The Morgan fingerprint density at radius 2 is 2.23 bits per heavy atom. The zero-order chi connectivity index (χ0) is 9.68. The summed E-state index contributed by atoms with van der Waals surface area (Å²) in [4.78, 5) is 10.1. The molecule has 0 aliphatic heterocycles. The molecule has 0 heterocycles. The molecule has 0 amide bonds. The zero-order valence-corrected chi connectivity index (χ0v) is 6.54. The SMILES string of the molecule is O=[N+]([O-])Nc1ccccc1C=NO. The van der Waals surface area contributed by atoms with Gasteiger partial charge in [-0.2, -0.15) is 0 Å². The van der Waals surface area contributed by atoms with Crippen LogP contribution in [0, 0.1) is 10.1 Å². The maximum absolute atomic E-state index is 10.1. The Morgan fingerprint density at radius 3 is 2.85 bits per heavy atom. The minimum atomic E-state index is -0.677. The van der Waals surface area contributed by atoms with Crippen LogP contribution in [-0.2, 0) is 0 Å². The maximum Gasteiger partial charge on any atom is 0.162 e. The number of rotatable bonds is 3. The summed E-state index contributed by atoms with van der Waals surface area (Å²) in [7, 11) is 0. The Hall–Kier alpha value is -2.11. The average molecular weight is 181 g/mol. The van der Waals surface area contributed by atoms with E-state index in [0.717, 1.165) is 6.21 Å². The van der Waals surface area contributed by atoms with E-state index in [-0.39, 0.29) is 5.69 Å². The molecule has 0 radical (unpaired) electrons. The van der Waals surface area contributed by atoms with Crippen LogP contribution in [0.15, 0.2) is 29.4 Å². The third-order valence-corrected chi connectivity index (χ3v) is 1.37. The van der Waals surface area contributed by atoms with E-state index in [4.69, 9.17) is 5.21 Å². The largest absolute Gasteiger partial charge is 0.411 e. The summed E-state index contributed by atoms with van der Waals surface area (Å²) < 4.78 is 0. The van der Waals surface area contributed by atoms with Crippen molar-refractivity contribution in [2.24, 2.45) is 5.16 Å². The van der Waals surface area contributed by atoms with Crippen molar-refractivity contribution >= 4 is 11.9 Å². The molecule has 0 atom stereocenters.